The molecule has 2 N–H and O–H groups in total. The van der Waals surface area contributed by atoms with E-state index in [1.165, 1.54) is 5.19 Å². The third kappa shape index (κ3) is 5.11. The topological polar surface area (TPSA) is 128 Å². The minimum absolute atomic E-state index is 0.00628. The molecule has 4 heterocycles. The number of carbonyl (C=O) groups excluding carboxylic acids is 2. The number of para-hydroxylation sites is 2. The third-order valence-corrected chi connectivity index (χ3v) is 14.5. The quantitative estimate of drug-likeness (QED) is 0.258. The Labute approximate surface area is 274 Å². The molecule has 1 saturated heterocycles. The van der Waals surface area contributed by atoms with Crippen molar-refractivity contribution in [2.45, 2.75) is 56.7 Å². The highest BCUT2D eigenvalue weighted by Crippen LogP contribution is 2.59. The molecule has 0 radical (unpaired) electrons. The van der Waals surface area contributed by atoms with E-state index >= 15 is 0 Å². The Morgan fingerprint density at radius 3 is 2.66 bits per heavy atom. The molecule has 4 aromatic rings. The van der Waals surface area contributed by atoms with Crippen molar-refractivity contribution >= 4 is 42.1 Å². The number of rotatable bonds is 9. The highest BCUT2D eigenvalue weighted by molar-refractivity contribution is 6.91. The van der Waals surface area contributed by atoms with Gasteiger partial charge in [-0.25, -0.2) is 0 Å². The molecule has 0 unspecified atom stereocenters. The molecule has 244 valence electrons. The molecule has 4 atom stereocenters. The van der Waals surface area contributed by atoms with Crippen molar-refractivity contribution in [3.8, 4) is 11.5 Å². The fourth-order valence-corrected chi connectivity index (χ4v) is 11.9. The van der Waals surface area contributed by atoms with Gasteiger partial charge in [-0.15, -0.1) is 5.10 Å². The average molecular weight is 654 g/mol. The standard InChI is InChI=1S/C35H39N5O6Si/c1-22-33(47(3,4)26-12-10-25(44-2)11-13-26)31(15-17-39-20-23(16-18-41)37-38-39)46-35(22)27-19-24(9-14-28(27)36-34(35)43)40-29-7-5-6-8-30(29)45-21-32(40)42/h5-14,19-20,22,31,33,41H,15-18,21H2,1-4H3,(H,36,43)/t22-,31+,33-,35+/m0/s1. The summed E-state index contributed by atoms with van der Waals surface area (Å²) in [6, 6.07) is 21.4. The van der Waals surface area contributed by atoms with E-state index in [0.717, 1.165) is 17.0 Å². The number of fused-ring (bicyclic) bond motifs is 3. The van der Waals surface area contributed by atoms with Gasteiger partial charge in [0.05, 0.1) is 32.7 Å². The first kappa shape index (κ1) is 31.1. The summed E-state index contributed by atoms with van der Waals surface area (Å²) in [4.78, 5) is 29.1. The van der Waals surface area contributed by atoms with Gasteiger partial charge in [-0.05, 0) is 54.4 Å². The van der Waals surface area contributed by atoms with Gasteiger partial charge < -0.3 is 24.6 Å². The van der Waals surface area contributed by atoms with Crippen LogP contribution >= 0.6 is 0 Å². The second kappa shape index (κ2) is 11.9. The van der Waals surface area contributed by atoms with Gasteiger partial charge in [0.1, 0.15) is 11.5 Å². The summed E-state index contributed by atoms with van der Waals surface area (Å²) in [5.41, 5.74) is 2.26. The summed E-state index contributed by atoms with van der Waals surface area (Å²) in [5.74, 6) is 0.852. The van der Waals surface area contributed by atoms with E-state index in [0.29, 0.717) is 42.2 Å². The number of aliphatic hydroxyl groups is 1. The molecule has 0 bridgehead atoms. The van der Waals surface area contributed by atoms with Crippen molar-refractivity contribution in [1.29, 1.82) is 0 Å². The normalized spacial score (nSPS) is 23.4. The van der Waals surface area contributed by atoms with Gasteiger partial charge in [0.25, 0.3) is 11.8 Å². The largest absolute Gasteiger partial charge is 0.497 e. The molecule has 11 nitrogen and oxygen atoms in total. The smallest absolute Gasteiger partial charge is 0.269 e. The molecule has 0 aliphatic carbocycles. The van der Waals surface area contributed by atoms with Gasteiger partial charge in [0.2, 0.25) is 0 Å². The Bertz CT molecular complexity index is 1830. The van der Waals surface area contributed by atoms with E-state index in [9.17, 15) is 14.7 Å². The number of aromatic nitrogens is 3. The zero-order valence-electron chi connectivity index (χ0n) is 27.0. The van der Waals surface area contributed by atoms with Crippen LogP contribution in [-0.4, -0.2) is 66.4 Å². The Morgan fingerprint density at radius 1 is 1.11 bits per heavy atom. The number of ether oxygens (including phenoxy) is 3. The molecule has 1 spiro atoms. The molecule has 7 rings (SSSR count). The molecule has 3 aliphatic rings. The molecule has 12 heteroatoms. The Hall–Kier alpha value is -4.52. The number of aryl methyl sites for hydroxylation is 1. The lowest BCUT2D eigenvalue weighted by Crippen LogP contribution is -2.51. The lowest BCUT2D eigenvalue weighted by atomic mass is 9.82. The van der Waals surface area contributed by atoms with Gasteiger partial charge in [0, 0.05) is 48.6 Å². The fourth-order valence-electron chi connectivity index (χ4n) is 7.85. The Balaban J connectivity index is 1.29. The Morgan fingerprint density at radius 2 is 1.89 bits per heavy atom. The van der Waals surface area contributed by atoms with Crippen LogP contribution in [0, 0.1) is 5.92 Å². The summed E-state index contributed by atoms with van der Waals surface area (Å²) in [6.07, 6.45) is 2.63. The first-order valence-corrected chi connectivity index (χ1v) is 19.1. The maximum Gasteiger partial charge on any atom is 0.269 e. The zero-order chi connectivity index (χ0) is 32.9. The lowest BCUT2D eigenvalue weighted by molar-refractivity contribution is -0.143. The number of nitrogens with one attached hydrogen (secondary N) is 1. The van der Waals surface area contributed by atoms with Crippen LogP contribution in [0.5, 0.6) is 11.5 Å². The summed E-state index contributed by atoms with van der Waals surface area (Å²) in [6.45, 7) is 7.29. The maximum absolute atomic E-state index is 14.2. The molecule has 1 aromatic heterocycles. The van der Waals surface area contributed by atoms with Crippen LogP contribution in [0.3, 0.4) is 0 Å². The van der Waals surface area contributed by atoms with E-state index < -0.39 is 13.7 Å². The second-order valence-corrected chi connectivity index (χ2v) is 17.7. The number of nitrogens with zero attached hydrogens (tertiary/aromatic N) is 4. The Kier molecular flexibility index (Phi) is 7.89. The summed E-state index contributed by atoms with van der Waals surface area (Å²) < 4.78 is 20.0. The van der Waals surface area contributed by atoms with Crippen LogP contribution < -0.4 is 24.9 Å². The summed E-state index contributed by atoms with van der Waals surface area (Å²) >= 11 is 0. The molecule has 3 aromatic carbocycles. The zero-order valence-corrected chi connectivity index (χ0v) is 28.0. The minimum Gasteiger partial charge on any atom is -0.497 e. The first-order valence-electron chi connectivity index (χ1n) is 16.0. The SMILES string of the molecule is COc1ccc([Si](C)(C)[C@@H]2[C@@H](CCn3cc(CCO)nn3)O[C@]3(C(=O)Nc4ccc(N5C(=O)COc6ccccc65)cc43)[C@H]2C)cc1. The number of carbonyl (C=O) groups is 2. The first-order chi connectivity index (χ1) is 22.7. The summed E-state index contributed by atoms with van der Waals surface area (Å²) in [5, 5.41) is 22.2. The number of benzene rings is 3. The van der Waals surface area contributed by atoms with Crippen molar-refractivity contribution in [2.75, 3.05) is 30.5 Å². The molecule has 47 heavy (non-hydrogen) atoms. The van der Waals surface area contributed by atoms with Gasteiger partial charge in [0.15, 0.2) is 12.2 Å². The molecular formula is C35H39N5O6Si. The number of anilines is 3. The predicted molar refractivity (Wildman–Crippen MR) is 179 cm³/mol. The van der Waals surface area contributed by atoms with Crippen molar-refractivity contribution < 1.29 is 28.9 Å². The van der Waals surface area contributed by atoms with Crippen molar-refractivity contribution in [1.82, 2.24) is 15.0 Å². The van der Waals surface area contributed by atoms with Crippen LogP contribution in [0.4, 0.5) is 17.1 Å². The van der Waals surface area contributed by atoms with E-state index in [2.05, 4.69) is 47.8 Å². The monoisotopic (exact) mass is 653 g/mol. The molecule has 1 fully saturated rings. The number of methoxy groups -OCH3 is 1. The molecule has 0 saturated carbocycles. The average Bonchev–Trinajstić information content (AvgIpc) is 3.74. The van der Waals surface area contributed by atoms with Gasteiger partial charge >= 0.3 is 0 Å². The lowest BCUT2D eigenvalue weighted by Gasteiger charge is -2.37. The van der Waals surface area contributed by atoms with Gasteiger partial charge in [-0.2, -0.15) is 0 Å². The minimum atomic E-state index is -2.32. The molecule has 3 aliphatic heterocycles. The highest BCUT2D eigenvalue weighted by atomic mass is 28.3. The van der Waals surface area contributed by atoms with Crippen LogP contribution in [0.2, 0.25) is 18.6 Å². The number of hydrogen-bond acceptors (Lipinski definition) is 8. The number of aliphatic hydroxyl groups excluding tert-OH is 1. The third-order valence-electron chi connectivity index (χ3n) is 10.1. The van der Waals surface area contributed by atoms with Gasteiger partial charge in [-0.3, -0.25) is 19.2 Å². The predicted octanol–water partition coefficient (Wildman–Crippen LogP) is 4.14. The molecular weight excluding hydrogens is 614 g/mol. The van der Waals surface area contributed by atoms with Crippen molar-refractivity contribution in [3.63, 3.8) is 0 Å². The van der Waals surface area contributed by atoms with E-state index in [4.69, 9.17) is 14.2 Å². The van der Waals surface area contributed by atoms with Crippen LogP contribution in [0.15, 0.2) is 72.9 Å². The van der Waals surface area contributed by atoms with Crippen LogP contribution in [-0.2, 0) is 32.9 Å². The van der Waals surface area contributed by atoms with Crippen LogP contribution in [0.25, 0.3) is 0 Å². The highest BCUT2D eigenvalue weighted by Gasteiger charge is 2.64. The van der Waals surface area contributed by atoms with E-state index in [-0.39, 0.29) is 42.6 Å². The number of amides is 2. The van der Waals surface area contributed by atoms with Crippen molar-refractivity contribution in [2.24, 2.45) is 5.92 Å². The number of hydrogen-bond donors (Lipinski definition) is 2. The second-order valence-electron chi connectivity index (χ2n) is 13.1. The van der Waals surface area contributed by atoms with E-state index in [1.807, 2.05) is 60.8 Å². The molecule has 2 amide bonds. The summed E-state index contributed by atoms with van der Waals surface area (Å²) in [7, 11) is -0.662. The van der Waals surface area contributed by atoms with Crippen LogP contribution in [0.1, 0.15) is 24.6 Å². The van der Waals surface area contributed by atoms with E-state index in [1.54, 1.807) is 16.7 Å². The van der Waals surface area contributed by atoms with Crippen molar-refractivity contribution in [3.05, 3.63) is 84.2 Å². The van der Waals surface area contributed by atoms with Gasteiger partial charge in [-0.1, -0.05) is 54.7 Å². The maximum atomic E-state index is 14.2. The fraction of sp³-hybridized carbons (Fsp3) is 0.371.